The summed E-state index contributed by atoms with van der Waals surface area (Å²) in [4.78, 5) is 15.7. The fourth-order valence-corrected chi connectivity index (χ4v) is 1.37. The van der Waals surface area contributed by atoms with Crippen LogP contribution in [-0.2, 0) is 4.79 Å². The number of nitrogens with zero attached hydrogens (tertiary/aromatic N) is 1. The molecular formula is C11H17N3O. The third kappa shape index (κ3) is 3.23. The van der Waals surface area contributed by atoms with Crippen molar-refractivity contribution in [2.75, 3.05) is 11.1 Å². The van der Waals surface area contributed by atoms with Gasteiger partial charge in [-0.15, -0.1) is 0 Å². The van der Waals surface area contributed by atoms with Crippen molar-refractivity contribution in [3.8, 4) is 0 Å². The van der Waals surface area contributed by atoms with Crippen molar-refractivity contribution >= 4 is 17.4 Å². The Morgan fingerprint density at radius 1 is 1.47 bits per heavy atom. The first-order chi connectivity index (χ1) is 7.17. The number of hydrogen-bond acceptors (Lipinski definition) is 3. The summed E-state index contributed by atoms with van der Waals surface area (Å²) in [7, 11) is 0. The largest absolute Gasteiger partial charge is 0.397 e. The molecule has 1 amide bonds. The molecule has 0 aromatic carbocycles. The molecule has 0 saturated heterocycles. The number of amides is 1. The van der Waals surface area contributed by atoms with E-state index in [2.05, 4.69) is 10.3 Å². The molecule has 3 N–H and O–H groups in total. The number of hydrogen-bond donors (Lipinski definition) is 2. The molecule has 0 saturated carbocycles. The summed E-state index contributed by atoms with van der Waals surface area (Å²) >= 11 is 0. The molecule has 1 rings (SSSR count). The lowest BCUT2D eigenvalue weighted by Gasteiger charge is -2.11. The van der Waals surface area contributed by atoms with Crippen molar-refractivity contribution in [2.45, 2.75) is 26.7 Å². The van der Waals surface area contributed by atoms with E-state index in [-0.39, 0.29) is 11.8 Å². The number of nitrogens with one attached hydrogen (secondary N) is 1. The van der Waals surface area contributed by atoms with Gasteiger partial charge in [0.2, 0.25) is 5.91 Å². The number of nitrogen functional groups attached to an aromatic ring is 1. The molecule has 4 heteroatoms. The van der Waals surface area contributed by atoms with Crippen LogP contribution in [0.15, 0.2) is 18.3 Å². The minimum atomic E-state index is 0.0253. The van der Waals surface area contributed by atoms with Crippen LogP contribution in [0.25, 0.3) is 0 Å². The van der Waals surface area contributed by atoms with Crippen LogP contribution in [-0.4, -0.2) is 10.9 Å². The standard InChI is InChI=1S/C11H17N3O/c1-3-8(4-2)11(15)14-10-6-5-9(12)7-13-10/h5-8H,3-4,12H2,1-2H3,(H,13,14,15). The maximum Gasteiger partial charge on any atom is 0.228 e. The second-order valence-electron chi connectivity index (χ2n) is 3.48. The number of pyridine rings is 1. The first kappa shape index (κ1) is 11.5. The van der Waals surface area contributed by atoms with Crippen molar-refractivity contribution in [1.82, 2.24) is 4.98 Å². The number of nitrogens with two attached hydrogens (primary N) is 1. The highest BCUT2D eigenvalue weighted by molar-refractivity contribution is 5.91. The smallest absolute Gasteiger partial charge is 0.228 e. The minimum Gasteiger partial charge on any atom is -0.397 e. The maximum absolute atomic E-state index is 11.7. The molecule has 0 aliphatic rings. The van der Waals surface area contributed by atoms with E-state index in [0.29, 0.717) is 11.5 Å². The van der Waals surface area contributed by atoms with Crippen molar-refractivity contribution in [1.29, 1.82) is 0 Å². The van der Waals surface area contributed by atoms with Crippen molar-refractivity contribution in [3.63, 3.8) is 0 Å². The van der Waals surface area contributed by atoms with Gasteiger partial charge in [0.05, 0.1) is 11.9 Å². The third-order valence-electron chi connectivity index (χ3n) is 2.39. The molecule has 0 unspecified atom stereocenters. The average Bonchev–Trinajstić information content (AvgIpc) is 2.23. The monoisotopic (exact) mass is 207 g/mol. The van der Waals surface area contributed by atoms with Gasteiger partial charge in [0.25, 0.3) is 0 Å². The number of aromatic nitrogens is 1. The Bertz CT molecular complexity index is 317. The van der Waals surface area contributed by atoms with Crippen LogP contribution in [0.4, 0.5) is 11.5 Å². The first-order valence-corrected chi connectivity index (χ1v) is 5.19. The molecule has 1 aromatic rings. The van der Waals surface area contributed by atoms with E-state index in [1.807, 2.05) is 13.8 Å². The molecule has 0 radical (unpaired) electrons. The molecule has 1 heterocycles. The summed E-state index contributed by atoms with van der Waals surface area (Å²) in [5.74, 6) is 0.641. The van der Waals surface area contributed by atoms with Crippen molar-refractivity contribution < 1.29 is 4.79 Å². The van der Waals surface area contributed by atoms with E-state index in [4.69, 9.17) is 5.73 Å². The highest BCUT2D eigenvalue weighted by atomic mass is 16.1. The zero-order valence-corrected chi connectivity index (χ0v) is 9.16. The van der Waals surface area contributed by atoms with E-state index in [1.54, 1.807) is 12.1 Å². The molecule has 1 aromatic heterocycles. The Balaban J connectivity index is 2.61. The predicted molar refractivity (Wildman–Crippen MR) is 61.4 cm³/mol. The lowest BCUT2D eigenvalue weighted by molar-refractivity contribution is -0.120. The lowest BCUT2D eigenvalue weighted by atomic mass is 10.0. The van der Waals surface area contributed by atoms with Gasteiger partial charge in [-0.3, -0.25) is 4.79 Å². The number of rotatable bonds is 4. The second kappa shape index (κ2) is 5.34. The average molecular weight is 207 g/mol. The van der Waals surface area contributed by atoms with Gasteiger partial charge in [0, 0.05) is 5.92 Å². The van der Waals surface area contributed by atoms with Crippen molar-refractivity contribution in [3.05, 3.63) is 18.3 Å². The first-order valence-electron chi connectivity index (χ1n) is 5.19. The van der Waals surface area contributed by atoms with Crippen LogP contribution < -0.4 is 11.1 Å². The topological polar surface area (TPSA) is 68.0 Å². The van der Waals surface area contributed by atoms with Gasteiger partial charge in [-0.05, 0) is 25.0 Å². The number of carbonyl (C=O) groups excluding carboxylic acids is 1. The molecule has 0 bridgehead atoms. The summed E-state index contributed by atoms with van der Waals surface area (Å²) in [6.07, 6.45) is 3.22. The summed E-state index contributed by atoms with van der Waals surface area (Å²) in [5, 5.41) is 2.77. The van der Waals surface area contributed by atoms with Gasteiger partial charge in [0.15, 0.2) is 0 Å². The maximum atomic E-state index is 11.7. The molecule has 4 nitrogen and oxygen atoms in total. The summed E-state index contributed by atoms with van der Waals surface area (Å²) in [6.45, 7) is 4.01. The Labute approximate surface area is 89.9 Å². The van der Waals surface area contributed by atoms with E-state index in [9.17, 15) is 4.79 Å². The van der Waals surface area contributed by atoms with Crippen LogP contribution in [0.2, 0.25) is 0 Å². The molecule has 0 atom stereocenters. The normalized spacial score (nSPS) is 10.3. The highest BCUT2D eigenvalue weighted by Gasteiger charge is 2.14. The Morgan fingerprint density at radius 2 is 2.13 bits per heavy atom. The minimum absolute atomic E-state index is 0.0253. The molecule has 0 fully saturated rings. The van der Waals surface area contributed by atoms with Crippen LogP contribution in [0.3, 0.4) is 0 Å². The van der Waals surface area contributed by atoms with Gasteiger partial charge in [-0.1, -0.05) is 13.8 Å². The number of anilines is 2. The summed E-state index contributed by atoms with van der Waals surface area (Å²) in [6, 6.07) is 3.42. The van der Waals surface area contributed by atoms with E-state index >= 15 is 0 Å². The second-order valence-corrected chi connectivity index (χ2v) is 3.48. The van der Waals surface area contributed by atoms with Gasteiger partial charge in [0.1, 0.15) is 5.82 Å². The quantitative estimate of drug-likeness (QED) is 0.793. The molecule has 82 valence electrons. The van der Waals surface area contributed by atoms with Gasteiger partial charge >= 0.3 is 0 Å². The Hall–Kier alpha value is -1.58. The highest BCUT2D eigenvalue weighted by Crippen LogP contribution is 2.12. The van der Waals surface area contributed by atoms with Gasteiger partial charge in [-0.2, -0.15) is 0 Å². The van der Waals surface area contributed by atoms with Crippen molar-refractivity contribution in [2.24, 2.45) is 5.92 Å². The zero-order chi connectivity index (χ0) is 11.3. The molecular weight excluding hydrogens is 190 g/mol. The molecule has 0 aliphatic carbocycles. The Kier molecular flexibility index (Phi) is 4.09. The van der Waals surface area contributed by atoms with E-state index in [0.717, 1.165) is 12.8 Å². The third-order valence-corrected chi connectivity index (χ3v) is 2.39. The fraction of sp³-hybridized carbons (Fsp3) is 0.455. The zero-order valence-electron chi connectivity index (χ0n) is 9.16. The lowest BCUT2D eigenvalue weighted by Crippen LogP contribution is -2.22. The van der Waals surface area contributed by atoms with Crippen LogP contribution in [0.1, 0.15) is 26.7 Å². The summed E-state index contributed by atoms with van der Waals surface area (Å²) < 4.78 is 0. The van der Waals surface area contributed by atoms with Gasteiger partial charge < -0.3 is 11.1 Å². The fourth-order valence-electron chi connectivity index (χ4n) is 1.37. The molecule has 0 spiro atoms. The van der Waals surface area contributed by atoms with Crippen LogP contribution in [0, 0.1) is 5.92 Å². The Morgan fingerprint density at radius 3 is 2.60 bits per heavy atom. The molecule has 0 aliphatic heterocycles. The SMILES string of the molecule is CCC(CC)C(=O)Nc1ccc(N)cn1. The van der Waals surface area contributed by atoms with Crippen LogP contribution >= 0.6 is 0 Å². The van der Waals surface area contributed by atoms with E-state index < -0.39 is 0 Å². The molecule has 15 heavy (non-hydrogen) atoms. The van der Waals surface area contributed by atoms with Gasteiger partial charge in [-0.25, -0.2) is 4.98 Å². The summed E-state index contributed by atoms with van der Waals surface area (Å²) in [5.41, 5.74) is 6.09. The predicted octanol–water partition coefficient (Wildman–Crippen LogP) is 2.04. The van der Waals surface area contributed by atoms with E-state index in [1.165, 1.54) is 6.20 Å². The number of carbonyl (C=O) groups is 1. The van der Waals surface area contributed by atoms with Crippen LogP contribution in [0.5, 0.6) is 0 Å².